The van der Waals surface area contributed by atoms with Gasteiger partial charge in [0.05, 0.1) is 5.41 Å². The van der Waals surface area contributed by atoms with Crippen molar-refractivity contribution < 1.29 is 24.6 Å². The fraction of sp³-hybridized carbons (Fsp3) is 0.667. The average molecular weight is 358 g/mol. The van der Waals surface area contributed by atoms with Crippen LogP contribution in [0.1, 0.15) is 52.9 Å². The Morgan fingerprint density at radius 1 is 1.15 bits per heavy atom. The molecule has 6 atom stereocenters. The van der Waals surface area contributed by atoms with Crippen molar-refractivity contribution in [2.75, 3.05) is 0 Å². The third-order valence-corrected chi connectivity index (χ3v) is 8.04. The van der Waals surface area contributed by atoms with Crippen LogP contribution in [0.5, 0.6) is 0 Å². The minimum Gasteiger partial charge on any atom is -0.507 e. The standard InChI is InChI=1S/C21H26O5/c1-10(22)13-6-7-14-12-5-4-11-8-15(23)18(25)19(26)21(11,3)17(12)16(24)9-20(13,14)2/h8,12-14,17,25-26H,4-7,9H2,1-3H3/t12-,13-,14-,17+,20+,21-/m0/s1. The van der Waals surface area contributed by atoms with Gasteiger partial charge in [-0.05, 0) is 62.9 Å². The molecular weight excluding hydrogens is 332 g/mol. The van der Waals surface area contributed by atoms with E-state index in [2.05, 4.69) is 6.92 Å². The van der Waals surface area contributed by atoms with Crippen molar-refractivity contribution in [3.8, 4) is 0 Å². The van der Waals surface area contributed by atoms with E-state index in [0.29, 0.717) is 12.8 Å². The van der Waals surface area contributed by atoms with E-state index in [1.807, 2.05) is 0 Å². The maximum Gasteiger partial charge on any atom is 0.223 e. The fourth-order valence-electron chi connectivity index (χ4n) is 6.86. The van der Waals surface area contributed by atoms with Crippen LogP contribution >= 0.6 is 0 Å². The Labute approximate surface area is 153 Å². The van der Waals surface area contributed by atoms with Crippen molar-refractivity contribution >= 4 is 17.3 Å². The fourth-order valence-corrected chi connectivity index (χ4v) is 6.86. The van der Waals surface area contributed by atoms with E-state index in [9.17, 15) is 24.6 Å². The van der Waals surface area contributed by atoms with E-state index in [4.69, 9.17) is 0 Å². The average Bonchev–Trinajstić information content (AvgIpc) is 2.91. The molecule has 3 fully saturated rings. The Hall–Kier alpha value is -1.91. The summed E-state index contributed by atoms with van der Waals surface area (Å²) in [5.74, 6) is -1.57. The molecule has 5 heteroatoms. The SMILES string of the molecule is CC(=O)[C@@H]1CC[C@H]2[C@@H]3CCC4=CC(=O)C(O)=C(O)[C@]4(C)[C@H]3C(=O)C[C@]12C. The highest BCUT2D eigenvalue weighted by Crippen LogP contribution is 2.66. The molecule has 0 radical (unpaired) electrons. The van der Waals surface area contributed by atoms with Crippen LogP contribution in [-0.2, 0) is 14.4 Å². The number of carbonyl (C=O) groups is 3. The predicted octanol–water partition coefficient (Wildman–Crippen LogP) is 3.45. The molecule has 0 heterocycles. The van der Waals surface area contributed by atoms with Gasteiger partial charge in [0, 0.05) is 18.3 Å². The maximum atomic E-state index is 13.3. The van der Waals surface area contributed by atoms with Crippen LogP contribution in [0.3, 0.4) is 0 Å². The molecule has 140 valence electrons. The van der Waals surface area contributed by atoms with Gasteiger partial charge in [-0.1, -0.05) is 12.5 Å². The van der Waals surface area contributed by atoms with Crippen molar-refractivity contribution in [2.24, 2.45) is 34.5 Å². The van der Waals surface area contributed by atoms with E-state index in [-0.39, 0.29) is 40.5 Å². The Bertz CT molecular complexity index is 790. The van der Waals surface area contributed by atoms with Gasteiger partial charge >= 0.3 is 0 Å². The number of aliphatic hydroxyl groups is 2. The highest BCUT2D eigenvalue weighted by Gasteiger charge is 2.64. The summed E-state index contributed by atoms with van der Waals surface area (Å²) in [7, 11) is 0. The van der Waals surface area contributed by atoms with Crippen molar-refractivity contribution in [2.45, 2.75) is 52.9 Å². The molecule has 0 saturated heterocycles. The second-order valence-electron chi connectivity index (χ2n) is 9.11. The summed E-state index contributed by atoms with van der Waals surface area (Å²) in [5.41, 5.74) is -0.571. The minimum absolute atomic E-state index is 0.0451. The lowest BCUT2D eigenvalue weighted by Gasteiger charge is -2.56. The molecule has 0 aromatic carbocycles. The van der Waals surface area contributed by atoms with Gasteiger partial charge in [-0.25, -0.2) is 0 Å². The summed E-state index contributed by atoms with van der Waals surface area (Å²) in [6, 6.07) is 0. The number of aliphatic hydroxyl groups excluding tert-OH is 2. The molecule has 4 aliphatic carbocycles. The highest BCUT2D eigenvalue weighted by molar-refractivity contribution is 6.05. The van der Waals surface area contributed by atoms with E-state index in [1.54, 1.807) is 13.8 Å². The van der Waals surface area contributed by atoms with Crippen molar-refractivity contribution in [3.05, 3.63) is 23.2 Å². The van der Waals surface area contributed by atoms with E-state index in [1.165, 1.54) is 6.08 Å². The summed E-state index contributed by atoms with van der Waals surface area (Å²) in [5, 5.41) is 20.7. The van der Waals surface area contributed by atoms with Crippen LogP contribution in [0.15, 0.2) is 23.2 Å². The molecule has 3 saturated carbocycles. The second-order valence-corrected chi connectivity index (χ2v) is 9.11. The first kappa shape index (κ1) is 17.5. The molecule has 5 nitrogen and oxygen atoms in total. The Morgan fingerprint density at radius 2 is 1.85 bits per heavy atom. The van der Waals surface area contributed by atoms with Gasteiger partial charge in [-0.3, -0.25) is 14.4 Å². The van der Waals surface area contributed by atoms with Crippen LogP contribution < -0.4 is 0 Å². The molecule has 0 amide bonds. The summed E-state index contributed by atoms with van der Waals surface area (Å²) in [6.45, 7) is 5.49. The molecule has 0 bridgehead atoms. The zero-order valence-electron chi connectivity index (χ0n) is 15.5. The van der Waals surface area contributed by atoms with E-state index in [0.717, 1.165) is 24.8 Å². The quantitative estimate of drug-likeness (QED) is 0.749. The summed E-state index contributed by atoms with van der Waals surface area (Å²) in [4.78, 5) is 37.4. The molecular formula is C21H26O5. The topological polar surface area (TPSA) is 91.7 Å². The largest absolute Gasteiger partial charge is 0.507 e. The first-order chi connectivity index (χ1) is 12.1. The van der Waals surface area contributed by atoms with Crippen molar-refractivity contribution in [1.29, 1.82) is 0 Å². The summed E-state index contributed by atoms with van der Waals surface area (Å²) >= 11 is 0. The molecule has 2 N–H and O–H groups in total. The normalized spacial score (nSPS) is 45.0. The van der Waals surface area contributed by atoms with Crippen molar-refractivity contribution in [1.82, 2.24) is 0 Å². The number of hydrogen-bond donors (Lipinski definition) is 2. The number of ketones is 3. The van der Waals surface area contributed by atoms with E-state index >= 15 is 0 Å². The number of carbonyl (C=O) groups excluding carboxylic acids is 3. The van der Waals surface area contributed by atoms with Gasteiger partial charge in [-0.15, -0.1) is 0 Å². The third-order valence-electron chi connectivity index (χ3n) is 8.04. The Kier molecular flexibility index (Phi) is 3.57. The van der Waals surface area contributed by atoms with Crippen LogP contribution in [-0.4, -0.2) is 27.6 Å². The number of fused-ring (bicyclic) bond motifs is 5. The predicted molar refractivity (Wildman–Crippen MR) is 94.3 cm³/mol. The van der Waals surface area contributed by atoms with Gasteiger partial charge in [0.15, 0.2) is 0 Å². The van der Waals surface area contributed by atoms with Crippen molar-refractivity contribution in [3.63, 3.8) is 0 Å². The Morgan fingerprint density at radius 3 is 2.50 bits per heavy atom. The molecule has 4 aliphatic rings. The zero-order chi connectivity index (χ0) is 19.0. The monoisotopic (exact) mass is 358 g/mol. The smallest absolute Gasteiger partial charge is 0.223 e. The van der Waals surface area contributed by atoms with Crippen LogP contribution in [0, 0.1) is 34.5 Å². The first-order valence-electron chi connectivity index (χ1n) is 9.53. The number of hydrogen-bond acceptors (Lipinski definition) is 5. The summed E-state index contributed by atoms with van der Waals surface area (Å²) < 4.78 is 0. The van der Waals surface area contributed by atoms with Gasteiger partial charge in [-0.2, -0.15) is 0 Å². The Balaban J connectivity index is 1.80. The molecule has 0 unspecified atom stereocenters. The molecule has 4 rings (SSSR count). The number of allylic oxidation sites excluding steroid dienone is 2. The molecule has 26 heavy (non-hydrogen) atoms. The third kappa shape index (κ3) is 1.94. The molecule has 0 aromatic heterocycles. The first-order valence-corrected chi connectivity index (χ1v) is 9.53. The minimum atomic E-state index is -1.01. The lowest BCUT2D eigenvalue weighted by atomic mass is 9.46. The van der Waals surface area contributed by atoms with E-state index < -0.39 is 22.9 Å². The molecule has 0 spiro atoms. The van der Waals surface area contributed by atoms with Gasteiger partial charge in [0.1, 0.15) is 17.3 Å². The lowest BCUT2D eigenvalue weighted by Crippen LogP contribution is -2.56. The van der Waals surface area contributed by atoms with Gasteiger partial charge in [0.2, 0.25) is 11.5 Å². The second kappa shape index (κ2) is 5.30. The van der Waals surface area contributed by atoms with Gasteiger partial charge in [0.25, 0.3) is 0 Å². The van der Waals surface area contributed by atoms with Crippen LogP contribution in [0.2, 0.25) is 0 Å². The number of rotatable bonds is 1. The maximum absolute atomic E-state index is 13.3. The molecule has 0 aromatic rings. The highest BCUT2D eigenvalue weighted by atomic mass is 16.3. The van der Waals surface area contributed by atoms with Crippen LogP contribution in [0.25, 0.3) is 0 Å². The summed E-state index contributed by atoms with van der Waals surface area (Å²) in [6.07, 6.45) is 4.88. The van der Waals surface area contributed by atoms with Gasteiger partial charge < -0.3 is 10.2 Å². The number of Topliss-reactive ketones (excluding diaryl/α,β-unsaturated/α-hetero) is 2. The zero-order valence-corrected chi connectivity index (χ0v) is 15.5. The molecule has 0 aliphatic heterocycles. The van der Waals surface area contributed by atoms with Crippen LogP contribution in [0.4, 0.5) is 0 Å². The lowest BCUT2D eigenvalue weighted by molar-refractivity contribution is -0.147.